The summed E-state index contributed by atoms with van der Waals surface area (Å²) in [5, 5.41) is 3.90. The summed E-state index contributed by atoms with van der Waals surface area (Å²) in [7, 11) is 4.91. The van der Waals surface area contributed by atoms with Crippen LogP contribution >= 0.6 is 12.2 Å². The Balaban J connectivity index is 1.85. The summed E-state index contributed by atoms with van der Waals surface area (Å²) in [6.07, 6.45) is 3.60. The highest BCUT2D eigenvalue weighted by molar-refractivity contribution is 7.80. The number of para-hydroxylation sites is 1. The highest BCUT2D eigenvalue weighted by Crippen LogP contribution is 2.32. The molecule has 1 aromatic heterocycles. The molecule has 0 aliphatic rings. The fourth-order valence-corrected chi connectivity index (χ4v) is 3.32. The maximum Gasteiger partial charge on any atom is 0.174 e. The minimum Gasteiger partial charge on any atom is -0.497 e. The number of rotatable bonds is 8. The molecule has 0 bridgehead atoms. The Labute approximate surface area is 182 Å². The lowest BCUT2D eigenvalue weighted by Gasteiger charge is -2.27. The van der Waals surface area contributed by atoms with E-state index in [1.165, 1.54) is 0 Å². The number of benzene rings is 2. The van der Waals surface area contributed by atoms with Crippen molar-refractivity contribution in [3.8, 4) is 17.2 Å². The van der Waals surface area contributed by atoms with E-state index in [-0.39, 0.29) is 0 Å². The van der Waals surface area contributed by atoms with E-state index < -0.39 is 0 Å². The van der Waals surface area contributed by atoms with E-state index in [9.17, 15) is 0 Å². The third kappa shape index (κ3) is 5.39. The molecule has 0 aliphatic carbocycles. The first-order valence-corrected chi connectivity index (χ1v) is 9.84. The van der Waals surface area contributed by atoms with Gasteiger partial charge in [-0.25, -0.2) is 0 Å². The van der Waals surface area contributed by atoms with Crippen molar-refractivity contribution in [3.05, 3.63) is 78.1 Å². The lowest BCUT2D eigenvalue weighted by Crippen LogP contribution is -2.34. The zero-order chi connectivity index (χ0) is 21.3. The fourth-order valence-electron chi connectivity index (χ4n) is 3.07. The van der Waals surface area contributed by atoms with Crippen LogP contribution in [0.25, 0.3) is 0 Å². The molecule has 0 atom stereocenters. The van der Waals surface area contributed by atoms with Gasteiger partial charge in [0, 0.05) is 36.7 Å². The molecule has 0 fully saturated rings. The van der Waals surface area contributed by atoms with E-state index in [1.54, 1.807) is 27.5 Å². The van der Waals surface area contributed by atoms with Gasteiger partial charge in [0.25, 0.3) is 0 Å². The van der Waals surface area contributed by atoms with Crippen LogP contribution in [0.4, 0.5) is 5.69 Å². The third-order valence-electron chi connectivity index (χ3n) is 4.57. The van der Waals surface area contributed by atoms with Gasteiger partial charge in [0.15, 0.2) is 16.6 Å². The molecule has 0 spiro atoms. The van der Waals surface area contributed by atoms with Crippen molar-refractivity contribution in [2.75, 3.05) is 26.6 Å². The number of pyridine rings is 1. The smallest absolute Gasteiger partial charge is 0.174 e. The van der Waals surface area contributed by atoms with Crippen LogP contribution in [0.5, 0.6) is 17.2 Å². The van der Waals surface area contributed by atoms with Gasteiger partial charge < -0.3 is 24.4 Å². The van der Waals surface area contributed by atoms with Crippen molar-refractivity contribution in [2.45, 2.75) is 13.1 Å². The van der Waals surface area contributed by atoms with Gasteiger partial charge in [0.05, 0.1) is 21.3 Å². The number of hydrogen-bond acceptors (Lipinski definition) is 5. The molecule has 1 N–H and O–H groups in total. The predicted octanol–water partition coefficient (Wildman–Crippen LogP) is 4.51. The van der Waals surface area contributed by atoms with Crippen LogP contribution in [0.15, 0.2) is 67.0 Å². The van der Waals surface area contributed by atoms with Crippen LogP contribution in [0.1, 0.15) is 11.1 Å². The highest BCUT2D eigenvalue weighted by Gasteiger charge is 2.17. The first-order chi connectivity index (χ1) is 14.6. The standard InChI is InChI=1S/C23H25N3O3S/c1-27-20-11-9-19(10-12-20)25-23(30)26(15-17-6-5-13-24-14-17)16-18-7-4-8-21(28-2)22(18)29-3/h4-14H,15-16H2,1-3H3,(H,25,30). The molecule has 0 amide bonds. The lowest BCUT2D eigenvalue weighted by atomic mass is 10.1. The molecule has 156 valence electrons. The number of anilines is 1. The molecule has 1 heterocycles. The number of thiocarbonyl (C=S) groups is 1. The second-order valence-electron chi connectivity index (χ2n) is 6.53. The summed E-state index contributed by atoms with van der Waals surface area (Å²) < 4.78 is 16.3. The molecule has 0 saturated heterocycles. The zero-order valence-corrected chi connectivity index (χ0v) is 18.1. The molecule has 0 aliphatic heterocycles. The van der Waals surface area contributed by atoms with E-state index in [4.69, 9.17) is 26.4 Å². The van der Waals surface area contributed by atoms with Crippen molar-refractivity contribution in [1.29, 1.82) is 0 Å². The van der Waals surface area contributed by atoms with Crippen molar-refractivity contribution < 1.29 is 14.2 Å². The normalized spacial score (nSPS) is 10.2. The maximum atomic E-state index is 5.75. The van der Waals surface area contributed by atoms with Gasteiger partial charge in [-0.3, -0.25) is 4.98 Å². The summed E-state index contributed by atoms with van der Waals surface area (Å²) >= 11 is 5.75. The Morgan fingerprint density at radius 1 is 0.933 bits per heavy atom. The van der Waals surface area contributed by atoms with E-state index in [0.29, 0.717) is 29.7 Å². The van der Waals surface area contributed by atoms with E-state index in [1.807, 2.05) is 60.8 Å². The molecule has 0 unspecified atom stereocenters. The fraction of sp³-hybridized carbons (Fsp3) is 0.217. The molecule has 2 aromatic carbocycles. The minimum atomic E-state index is 0.539. The van der Waals surface area contributed by atoms with Crippen LogP contribution in [0.2, 0.25) is 0 Å². The summed E-state index contributed by atoms with van der Waals surface area (Å²) in [5.74, 6) is 2.17. The average Bonchev–Trinajstić information content (AvgIpc) is 2.79. The van der Waals surface area contributed by atoms with Gasteiger partial charge in [-0.05, 0) is 54.2 Å². The van der Waals surface area contributed by atoms with Crippen LogP contribution < -0.4 is 19.5 Å². The Morgan fingerprint density at radius 3 is 2.37 bits per heavy atom. The van der Waals surface area contributed by atoms with Gasteiger partial charge in [0.1, 0.15) is 5.75 Å². The monoisotopic (exact) mass is 423 g/mol. The topological polar surface area (TPSA) is 55.9 Å². The zero-order valence-electron chi connectivity index (χ0n) is 17.3. The van der Waals surface area contributed by atoms with E-state index in [0.717, 1.165) is 22.6 Å². The SMILES string of the molecule is COc1ccc(NC(=S)N(Cc2cccnc2)Cc2cccc(OC)c2OC)cc1. The summed E-state index contributed by atoms with van der Waals surface area (Å²) in [6.45, 7) is 1.13. The first kappa shape index (κ1) is 21.4. The summed E-state index contributed by atoms with van der Waals surface area (Å²) in [4.78, 5) is 6.28. The van der Waals surface area contributed by atoms with Crippen molar-refractivity contribution in [1.82, 2.24) is 9.88 Å². The molecular weight excluding hydrogens is 398 g/mol. The third-order valence-corrected chi connectivity index (χ3v) is 4.93. The van der Waals surface area contributed by atoms with Gasteiger partial charge >= 0.3 is 0 Å². The second-order valence-corrected chi connectivity index (χ2v) is 6.92. The molecule has 7 heteroatoms. The molecular formula is C23H25N3O3S. The second kappa shape index (κ2) is 10.5. The van der Waals surface area contributed by atoms with Crippen molar-refractivity contribution in [2.24, 2.45) is 0 Å². The molecule has 6 nitrogen and oxygen atoms in total. The van der Waals surface area contributed by atoms with Gasteiger partial charge in [-0.2, -0.15) is 0 Å². The van der Waals surface area contributed by atoms with Crippen molar-refractivity contribution >= 4 is 23.0 Å². The maximum absolute atomic E-state index is 5.75. The number of nitrogens with zero attached hydrogens (tertiary/aromatic N) is 2. The van der Waals surface area contributed by atoms with Gasteiger partial charge in [0.2, 0.25) is 0 Å². The Morgan fingerprint density at radius 2 is 1.73 bits per heavy atom. The van der Waals surface area contributed by atoms with Gasteiger partial charge in [-0.1, -0.05) is 18.2 Å². The van der Waals surface area contributed by atoms with E-state index >= 15 is 0 Å². The number of ether oxygens (including phenoxy) is 3. The van der Waals surface area contributed by atoms with Crippen LogP contribution in [-0.2, 0) is 13.1 Å². The Kier molecular flexibility index (Phi) is 7.45. The Bertz CT molecular complexity index is 965. The Hall–Kier alpha value is -3.32. The predicted molar refractivity (Wildman–Crippen MR) is 122 cm³/mol. The van der Waals surface area contributed by atoms with Crippen LogP contribution in [0, 0.1) is 0 Å². The molecule has 0 saturated carbocycles. The molecule has 3 aromatic rings. The molecule has 0 radical (unpaired) electrons. The number of methoxy groups -OCH3 is 3. The number of hydrogen-bond donors (Lipinski definition) is 1. The average molecular weight is 424 g/mol. The van der Waals surface area contributed by atoms with E-state index in [2.05, 4.69) is 15.2 Å². The van der Waals surface area contributed by atoms with Crippen LogP contribution in [-0.4, -0.2) is 36.3 Å². The van der Waals surface area contributed by atoms with Crippen molar-refractivity contribution in [3.63, 3.8) is 0 Å². The molecule has 30 heavy (non-hydrogen) atoms. The first-order valence-electron chi connectivity index (χ1n) is 9.43. The molecule has 3 rings (SSSR count). The number of nitrogens with one attached hydrogen (secondary N) is 1. The van der Waals surface area contributed by atoms with Gasteiger partial charge in [-0.15, -0.1) is 0 Å². The minimum absolute atomic E-state index is 0.539. The summed E-state index contributed by atoms with van der Waals surface area (Å²) in [6, 6.07) is 17.4. The lowest BCUT2D eigenvalue weighted by molar-refractivity contribution is 0.341. The summed E-state index contributed by atoms with van der Waals surface area (Å²) in [5.41, 5.74) is 2.91. The van der Waals surface area contributed by atoms with Crippen LogP contribution in [0.3, 0.4) is 0 Å². The number of aromatic nitrogens is 1. The highest BCUT2D eigenvalue weighted by atomic mass is 32.1. The largest absolute Gasteiger partial charge is 0.497 e. The quantitative estimate of drug-likeness (QED) is 0.535.